The maximum Gasteiger partial charge on any atom is 0.469 e. The van der Waals surface area contributed by atoms with Gasteiger partial charge in [0.2, 0.25) is 0 Å². The summed E-state index contributed by atoms with van der Waals surface area (Å²) in [7, 11) is -4.74. The van der Waals surface area contributed by atoms with Crippen LogP contribution in [0, 0.1) is 0 Å². The van der Waals surface area contributed by atoms with Crippen molar-refractivity contribution in [2.24, 2.45) is 0 Å². The smallest absolute Gasteiger partial charge is 0.387 e. The fraction of sp³-hybridized carbons (Fsp3) is 0.706. The number of phosphoric ester groups is 1. The highest BCUT2D eigenvalue weighted by molar-refractivity contribution is 7.46. The molecule has 2 aromatic heterocycles. The van der Waals surface area contributed by atoms with Gasteiger partial charge in [-0.1, -0.05) is 13.3 Å². The van der Waals surface area contributed by atoms with Gasteiger partial charge in [-0.05, 0) is 12.8 Å². The highest BCUT2D eigenvalue weighted by atomic mass is 31.2. The van der Waals surface area contributed by atoms with E-state index in [1.807, 2.05) is 0 Å². The Labute approximate surface area is 178 Å². The van der Waals surface area contributed by atoms with E-state index in [0.717, 1.165) is 25.9 Å². The monoisotopic (exact) mass is 461 g/mol. The Morgan fingerprint density at radius 3 is 2.71 bits per heavy atom. The van der Waals surface area contributed by atoms with E-state index in [1.165, 1.54) is 17.2 Å². The molecule has 0 radical (unpaired) electrons. The number of anilines is 1. The summed E-state index contributed by atoms with van der Waals surface area (Å²) in [6, 6.07) is 0. The van der Waals surface area contributed by atoms with Gasteiger partial charge in [-0.2, -0.15) is 0 Å². The number of nitrogens with one attached hydrogen (secondary N) is 1. The summed E-state index contributed by atoms with van der Waals surface area (Å²) in [5.74, 6) is 0.506. The van der Waals surface area contributed by atoms with Crippen molar-refractivity contribution in [3.63, 3.8) is 0 Å². The van der Waals surface area contributed by atoms with Crippen LogP contribution in [0.5, 0.6) is 0 Å². The zero-order valence-corrected chi connectivity index (χ0v) is 18.0. The zero-order chi connectivity index (χ0) is 22.4. The molecule has 5 N–H and O–H groups in total. The van der Waals surface area contributed by atoms with Gasteiger partial charge in [0.05, 0.1) is 12.9 Å². The van der Waals surface area contributed by atoms with E-state index in [1.54, 1.807) is 0 Å². The van der Waals surface area contributed by atoms with E-state index >= 15 is 0 Å². The molecule has 14 heteroatoms. The second-order valence-corrected chi connectivity index (χ2v) is 8.36. The molecule has 3 rings (SSSR count). The number of aromatic nitrogens is 4. The molecule has 0 aliphatic carbocycles. The lowest BCUT2D eigenvalue weighted by molar-refractivity contribution is -0.0504. The zero-order valence-electron chi connectivity index (χ0n) is 17.1. The minimum absolute atomic E-state index is 0.365. The molecule has 31 heavy (non-hydrogen) atoms. The molecule has 0 amide bonds. The Bertz CT molecular complexity index is 893. The van der Waals surface area contributed by atoms with Crippen LogP contribution < -0.4 is 5.32 Å². The number of aliphatic hydroxyl groups is 2. The third-order valence-electron chi connectivity index (χ3n) is 4.78. The van der Waals surface area contributed by atoms with Crippen LogP contribution in [0.1, 0.15) is 32.4 Å². The maximum atomic E-state index is 10.9. The van der Waals surface area contributed by atoms with Gasteiger partial charge >= 0.3 is 7.82 Å². The average Bonchev–Trinajstić information content (AvgIpc) is 3.27. The Hall–Kier alpha value is -1.70. The predicted octanol–water partition coefficient (Wildman–Crippen LogP) is 0.173. The van der Waals surface area contributed by atoms with Crippen molar-refractivity contribution in [2.45, 2.75) is 50.7 Å². The van der Waals surface area contributed by atoms with E-state index in [0.29, 0.717) is 30.1 Å². The van der Waals surface area contributed by atoms with Crippen molar-refractivity contribution in [2.75, 3.05) is 31.7 Å². The van der Waals surface area contributed by atoms with E-state index < -0.39 is 39.0 Å². The summed E-state index contributed by atoms with van der Waals surface area (Å²) in [6.07, 6.45) is 0.639. The van der Waals surface area contributed by atoms with Crippen molar-refractivity contribution in [3.05, 3.63) is 12.7 Å². The summed E-state index contributed by atoms with van der Waals surface area (Å²) >= 11 is 0. The van der Waals surface area contributed by atoms with Crippen LogP contribution in [0.4, 0.5) is 5.82 Å². The molecule has 1 aliphatic rings. The van der Waals surface area contributed by atoms with Crippen LogP contribution >= 0.6 is 7.82 Å². The van der Waals surface area contributed by atoms with E-state index in [-0.39, 0.29) is 0 Å². The predicted molar refractivity (Wildman–Crippen MR) is 108 cm³/mol. The van der Waals surface area contributed by atoms with Gasteiger partial charge in [-0.3, -0.25) is 9.09 Å². The molecule has 13 nitrogen and oxygen atoms in total. The second-order valence-electron chi connectivity index (χ2n) is 7.13. The molecular weight excluding hydrogens is 433 g/mol. The van der Waals surface area contributed by atoms with Gasteiger partial charge < -0.3 is 34.8 Å². The van der Waals surface area contributed by atoms with Gasteiger partial charge in [0.1, 0.15) is 24.6 Å². The van der Waals surface area contributed by atoms with Crippen LogP contribution in [-0.4, -0.2) is 84.2 Å². The van der Waals surface area contributed by atoms with Crippen molar-refractivity contribution < 1.29 is 38.6 Å². The normalized spacial score (nSPS) is 24.2. The fourth-order valence-corrected chi connectivity index (χ4v) is 3.51. The highest BCUT2D eigenvalue weighted by Gasteiger charge is 2.45. The van der Waals surface area contributed by atoms with Gasteiger partial charge in [0.15, 0.2) is 23.2 Å². The quantitative estimate of drug-likeness (QED) is 0.214. The lowest BCUT2D eigenvalue weighted by Gasteiger charge is -2.16. The molecule has 4 atom stereocenters. The summed E-state index contributed by atoms with van der Waals surface area (Å²) in [5, 5.41) is 23.7. The molecule has 0 saturated carbocycles. The molecular formula is C17H28N5O8P. The topological polar surface area (TPSA) is 181 Å². The van der Waals surface area contributed by atoms with Gasteiger partial charge in [-0.25, -0.2) is 19.5 Å². The highest BCUT2D eigenvalue weighted by Crippen LogP contribution is 2.38. The molecule has 3 heterocycles. The lowest BCUT2D eigenvalue weighted by atomic mass is 10.1. The Morgan fingerprint density at radius 1 is 1.19 bits per heavy atom. The maximum absolute atomic E-state index is 10.9. The number of aliphatic hydroxyl groups excluding tert-OH is 2. The van der Waals surface area contributed by atoms with E-state index in [4.69, 9.17) is 19.3 Å². The molecule has 0 bridgehead atoms. The van der Waals surface area contributed by atoms with E-state index in [9.17, 15) is 14.8 Å². The van der Waals surface area contributed by atoms with Crippen molar-refractivity contribution in [1.29, 1.82) is 0 Å². The van der Waals surface area contributed by atoms with Crippen LogP contribution in [0.25, 0.3) is 11.2 Å². The second kappa shape index (κ2) is 10.7. The third kappa shape index (κ3) is 6.18. The number of phosphoric acid groups is 1. The number of fused-ring (bicyclic) bond motifs is 1. The van der Waals surface area contributed by atoms with Crippen LogP contribution in [0.15, 0.2) is 12.7 Å². The molecule has 0 aromatic carbocycles. The Morgan fingerprint density at radius 2 is 1.97 bits per heavy atom. The van der Waals surface area contributed by atoms with Gasteiger partial charge in [0.25, 0.3) is 0 Å². The number of rotatable bonds is 12. The number of unbranched alkanes of at least 4 members (excludes halogenated alkanes) is 1. The largest absolute Gasteiger partial charge is 0.469 e. The molecule has 1 fully saturated rings. The Kier molecular flexibility index (Phi) is 8.30. The van der Waals surface area contributed by atoms with Crippen molar-refractivity contribution in [1.82, 2.24) is 19.5 Å². The molecule has 0 unspecified atom stereocenters. The van der Waals surface area contributed by atoms with Gasteiger partial charge in [0, 0.05) is 19.8 Å². The van der Waals surface area contributed by atoms with Crippen molar-refractivity contribution >= 4 is 24.8 Å². The third-order valence-corrected chi connectivity index (χ3v) is 5.26. The SMILES string of the molecule is CCCCOCCCNc1ncnc2c1ncn2[C@@H]1O[C@H](COP(=O)(O)O)[C@@H](O)[C@H]1O. The first kappa shape index (κ1) is 24.0. The fourth-order valence-electron chi connectivity index (χ4n) is 3.16. The molecule has 1 saturated heterocycles. The summed E-state index contributed by atoms with van der Waals surface area (Å²) in [6.45, 7) is 3.51. The number of nitrogens with zero attached hydrogens (tertiary/aromatic N) is 4. The lowest BCUT2D eigenvalue weighted by Crippen LogP contribution is -2.33. The molecule has 1 aliphatic heterocycles. The first-order valence-corrected chi connectivity index (χ1v) is 11.6. The summed E-state index contributed by atoms with van der Waals surface area (Å²) in [5.41, 5.74) is 0.819. The number of hydrogen-bond acceptors (Lipinski definition) is 10. The average molecular weight is 461 g/mol. The molecule has 0 spiro atoms. The Balaban J connectivity index is 1.64. The molecule has 2 aromatic rings. The first-order chi connectivity index (χ1) is 14.8. The number of hydrogen-bond donors (Lipinski definition) is 5. The first-order valence-electron chi connectivity index (χ1n) is 10.0. The van der Waals surface area contributed by atoms with Crippen molar-refractivity contribution in [3.8, 4) is 0 Å². The summed E-state index contributed by atoms with van der Waals surface area (Å²) in [4.78, 5) is 30.4. The minimum Gasteiger partial charge on any atom is -0.387 e. The minimum atomic E-state index is -4.74. The number of imidazole rings is 1. The van der Waals surface area contributed by atoms with Gasteiger partial charge in [-0.15, -0.1) is 0 Å². The van der Waals surface area contributed by atoms with E-state index in [2.05, 4.69) is 31.7 Å². The van der Waals surface area contributed by atoms with Crippen LogP contribution in [0.2, 0.25) is 0 Å². The number of ether oxygens (including phenoxy) is 2. The molecule has 174 valence electrons. The van der Waals surface area contributed by atoms with Crippen LogP contribution in [0.3, 0.4) is 0 Å². The standard InChI is InChI=1S/C17H28N5O8P/c1-2-3-6-28-7-4-5-18-15-12-16(20-9-19-15)22(10-21-12)17-14(24)13(23)11(30-17)8-29-31(25,26)27/h9-11,13-14,17,23-24H,2-8H2,1H3,(H,18,19,20)(H2,25,26,27)/t11-,13-,14-,17-/m1/s1. The van der Waals surface area contributed by atoms with Crippen LogP contribution in [-0.2, 0) is 18.6 Å². The summed E-state index contributed by atoms with van der Waals surface area (Å²) < 4.78 is 27.8.